The summed E-state index contributed by atoms with van der Waals surface area (Å²) in [5, 5.41) is 3.45. The van der Waals surface area contributed by atoms with E-state index in [1.165, 1.54) is 5.56 Å². The van der Waals surface area contributed by atoms with Gasteiger partial charge in [-0.25, -0.2) is 4.79 Å². The van der Waals surface area contributed by atoms with Gasteiger partial charge in [0.2, 0.25) is 0 Å². The molecule has 1 unspecified atom stereocenters. The first kappa shape index (κ1) is 15.8. The van der Waals surface area contributed by atoms with Crippen molar-refractivity contribution in [3.05, 3.63) is 29.8 Å². The molecule has 0 radical (unpaired) electrons. The van der Waals surface area contributed by atoms with Crippen molar-refractivity contribution in [3.63, 3.8) is 0 Å². The minimum absolute atomic E-state index is 0.170. The fraction of sp³-hybridized carbons (Fsp3) is 0.588. The van der Waals surface area contributed by atoms with E-state index in [1.807, 2.05) is 20.9 Å². The van der Waals surface area contributed by atoms with Crippen molar-refractivity contribution in [1.29, 1.82) is 0 Å². The van der Waals surface area contributed by atoms with E-state index >= 15 is 0 Å². The van der Waals surface area contributed by atoms with Crippen LogP contribution in [0.5, 0.6) is 0 Å². The molecule has 1 aromatic carbocycles. The summed E-state index contributed by atoms with van der Waals surface area (Å²) in [6, 6.07) is 8.78. The Morgan fingerprint density at radius 3 is 2.52 bits per heavy atom. The van der Waals surface area contributed by atoms with Crippen LogP contribution in [0.15, 0.2) is 24.3 Å². The maximum absolute atomic E-state index is 12.3. The number of likely N-dealkylation sites (N-methyl/N-ethyl adjacent to an activating group) is 1. The van der Waals surface area contributed by atoms with E-state index < -0.39 is 5.54 Å². The molecule has 0 bridgehead atoms. The van der Waals surface area contributed by atoms with Gasteiger partial charge in [-0.2, -0.15) is 0 Å². The van der Waals surface area contributed by atoms with Crippen LogP contribution in [0.4, 0.5) is 5.69 Å². The van der Waals surface area contributed by atoms with Crippen LogP contribution < -0.4 is 10.2 Å². The Labute approximate surface area is 127 Å². The van der Waals surface area contributed by atoms with E-state index in [-0.39, 0.29) is 5.97 Å². The number of nitrogens with zero attached hydrogens (tertiary/aromatic N) is 1. The molecule has 1 N–H and O–H groups in total. The molecule has 0 aromatic heterocycles. The third kappa shape index (κ3) is 4.21. The van der Waals surface area contributed by atoms with Crippen molar-refractivity contribution in [1.82, 2.24) is 5.32 Å². The quantitative estimate of drug-likeness (QED) is 0.784. The van der Waals surface area contributed by atoms with Gasteiger partial charge < -0.3 is 9.64 Å². The van der Waals surface area contributed by atoms with E-state index in [9.17, 15) is 4.79 Å². The molecule has 0 spiro atoms. The molecule has 1 aromatic rings. The van der Waals surface area contributed by atoms with Gasteiger partial charge in [-0.3, -0.25) is 5.32 Å². The summed E-state index contributed by atoms with van der Waals surface area (Å²) in [6.07, 6.45) is 2.28. The van der Waals surface area contributed by atoms with Crippen LogP contribution in [-0.4, -0.2) is 37.7 Å². The average molecular weight is 290 g/mol. The second kappa shape index (κ2) is 6.48. The van der Waals surface area contributed by atoms with Crippen molar-refractivity contribution in [3.8, 4) is 0 Å². The molecule has 1 saturated carbocycles. The number of esters is 1. The molecule has 0 amide bonds. The second-order valence-corrected chi connectivity index (χ2v) is 6.16. The number of nitrogens with one attached hydrogen (secondary N) is 1. The molecule has 4 heteroatoms. The third-order valence-corrected chi connectivity index (χ3v) is 3.85. The van der Waals surface area contributed by atoms with E-state index in [4.69, 9.17) is 4.74 Å². The molecule has 1 aliphatic rings. The van der Waals surface area contributed by atoms with Gasteiger partial charge in [0.1, 0.15) is 5.54 Å². The maximum atomic E-state index is 12.3. The van der Waals surface area contributed by atoms with Gasteiger partial charge in [0.05, 0.1) is 6.61 Å². The molecule has 0 saturated heterocycles. The molecule has 1 aliphatic carbocycles. The summed E-state index contributed by atoms with van der Waals surface area (Å²) >= 11 is 0. The lowest BCUT2D eigenvalue weighted by molar-refractivity contribution is -0.150. The highest BCUT2D eigenvalue weighted by Crippen LogP contribution is 2.25. The van der Waals surface area contributed by atoms with E-state index in [2.05, 4.69) is 41.4 Å². The Balaban J connectivity index is 2.09. The first-order valence-electron chi connectivity index (χ1n) is 7.67. The van der Waals surface area contributed by atoms with Crippen molar-refractivity contribution in [2.24, 2.45) is 0 Å². The number of carbonyl (C=O) groups excluding carboxylic acids is 1. The summed E-state index contributed by atoms with van der Waals surface area (Å²) in [5.41, 5.74) is 1.67. The zero-order chi connectivity index (χ0) is 15.5. The highest BCUT2D eigenvalue weighted by Gasteiger charge is 2.40. The number of benzene rings is 1. The lowest BCUT2D eigenvalue weighted by atomic mass is 10.0. The smallest absolute Gasteiger partial charge is 0.327 e. The fourth-order valence-corrected chi connectivity index (χ4v) is 2.50. The molecular weight excluding hydrogens is 264 g/mol. The number of hydrogen-bond acceptors (Lipinski definition) is 4. The van der Waals surface area contributed by atoms with Crippen molar-refractivity contribution >= 4 is 11.7 Å². The van der Waals surface area contributed by atoms with Gasteiger partial charge in [0.15, 0.2) is 0 Å². The fourth-order valence-electron chi connectivity index (χ4n) is 2.50. The lowest BCUT2D eigenvalue weighted by Crippen LogP contribution is -2.58. The van der Waals surface area contributed by atoms with Crippen molar-refractivity contribution < 1.29 is 9.53 Å². The predicted molar refractivity (Wildman–Crippen MR) is 85.6 cm³/mol. The zero-order valence-electron chi connectivity index (χ0n) is 13.5. The molecule has 1 fully saturated rings. The van der Waals surface area contributed by atoms with Gasteiger partial charge in [-0.15, -0.1) is 0 Å². The number of ether oxygens (including phenoxy) is 1. The maximum Gasteiger partial charge on any atom is 0.327 e. The normalized spacial score (nSPS) is 17.1. The summed E-state index contributed by atoms with van der Waals surface area (Å²) in [6.45, 7) is 6.86. The first-order chi connectivity index (χ1) is 9.94. The largest absolute Gasteiger partial charge is 0.465 e. The predicted octanol–water partition coefficient (Wildman–Crippen LogP) is 2.51. The molecule has 21 heavy (non-hydrogen) atoms. The highest BCUT2D eigenvalue weighted by molar-refractivity contribution is 5.81. The topological polar surface area (TPSA) is 41.6 Å². The SMILES string of the molecule is CCOC(=O)C(C)(CN(C)c1ccc(C)cc1)NC1CC1. The molecule has 0 aliphatic heterocycles. The van der Waals surface area contributed by atoms with E-state index in [0.29, 0.717) is 19.2 Å². The van der Waals surface area contributed by atoms with Gasteiger partial charge in [-0.1, -0.05) is 17.7 Å². The summed E-state index contributed by atoms with van der Waals surface area (Å²) in [4.78, 5) is 14.4. The summed E-state index contributed by atoms with van der Waals surface area (Å²) in [5.74, 6) is -0.170. The number of aryl methyl sites for hydroxylation is 1. The Morgan fingerprint density at radius 2 is 2.00 bits per heavy atom. The molecule has 2 rings (SSSR count). The number of anilines is 1. The zero-order valence-corrected chi connectivity index (χ0v) is 13.5. The number of carbonyl (C=O) groups is 1. The van der Waals surface area contributed by atoms with Crippen LogP contribution in [0.1, 0.15) is 32.3 Å². The van der Waals surface area contributed by atoms with Crippen LogP contribution in [0.3, 0.4) is 0 Å². The summed E-state index contributed by atoms with van der Waals surface area (Å²) < 4.78 is 5.26. The Bertz CT molecular complexity index is 482. The van der Waals surface area contributed by atoms with Crippen LogP contribution in [0.25, 0.3) is 0 Å². The van der Waals surface area contributed by atoms with Crippen LogP contribution in [0.2, 0.25) is 0 Å². The van der Waals surface area contributed by atoms with E-state index in [1.54, 1.807) is 0 Å². The van der Waals surface area contributed by atoms with Crippen molar-refractivity contribution in [2.45, 2.75) is 45.2 Å². The minimum atomic E-state index is -0.670. The Morgan fingerprint density at radius 1 is 1.38 bits per heavy atom. The first-order valence-corrected chi connectivity index (χ1v) is 7.67. The van der Waals surface area contributed by atoms with Crippen molar-refractivity contribution in [2.75, 3.05) is 25.1 Å². The molecule has 4 nitrogen and oxygen atoms in total. The van der Waals surface area contributed by atoms with Gasteiger partial charge in [0, 0.05) is 25.3 Å². The van der Waals surface area contributed by atoms with Gasteiger partial charge >= 0.3 is 5.97 Å². The number of hydrogen-bond donors (Lipinski definition) is 1. The molecule has 0 heterocycles. The van der Waals surface area contributed by atoms with Crippen LogP contribution in [-0.2, 0) is 9.53 Å². The third-order valence-electron chi connectivity index (χ3n) is 3.85. The lowest BCUT2D eigenvalue weighted by Gasteiger charge is -2.34. The van der Waals surface area contributed by atoms with Crippen LogP contribution in [0, 0.1) is 6.92 Å². The highest BCUT2D eigenvalue weighted by atomic mass is 16.5. The summed E-state index contributed by atoms with van der Waals surface area (Å²) in [7, 11) is 2.01. The minimum Gasteiger partial charge on any atom is -0.465 e. The molecule has 1 atom stereocenters. The average Bonchev–Trinajstić information content (AvgIpc) is 3.23. The Kier molecular flexibility index (Phi) is 4.88. The van der Waals surface area contributed by atoms with E-state index in [0.717, 1.165) is 18.5 Å². The monoisotopic (exact) mass is 290 g/mol. The van der Waals surface area contributed by atoms with Gasteiger partial charge in [0.25, 0.3) is 0 Å². The number of rotatable bonds is 7. The second-order valence-electron chi connectivity index (χ2n) is 6.16. The molecule has 116 valence electrons. The standard InChI is InChI=1S/C17H26N2O2/c1-5-21-16(20)17(3,18-14-8-9-14)12-19(4)15-10-6-13(2)7-11-15/h6-7,10-11,14,18H,5,8-9,12H2,1-4H3. The Hall–Kier alpha value is -1.55. The van der Waals surface area contributed by atoms with Gasteiger partial charge in [-0.05, 0) is 45.7 Å². The van der Waals surface area contributed by atoms with Crippen LogP contribution >= 0.6 is 0 Å². The molecular formula is C17H26N2O2.